The van der Waals surface area contributed by atoms with Crippen molar-refractivity contribution >= 4 is 27.4 Å². The van der Waals surface area contributed by atoms with Crippen molar-refractivity contribution in [2.75, 3.05) is 0 Å². The van der Waals surface area contributed by atoms with Crippen LogP contribution in [0.2, 0.25) is 0 Å². The first-order chi connectivity index (χ1) is 12.3. The molecule has 1 atom stereocenters. The average Bonchev–Trinajstić information content (AvgIpc) is 3.06. The van der Waals surface area contributed by atoms with Crippen LogP contribution in [0.25, 0.3) is 5.65 Å². The summed E-state index contributed by atoms with van der Waals surface area (Å²) in [5, 5.41) is 0. The lowest BCUT2D eigenvalue weighted by atomic mass is 9.95. The lowest BCUT2D eigenvalue weighted by Gasteiger charge is -2.17. The number of rotatable bonds is 3. The highest BCUT2D eigenvalue weighted by Crippen LogP contribution is 2.42. The van der Waals surface area contributed by atoms with Crippen molar-refractivity contribution in [2.24, 2.45) is 0 Å². The van der Waals surface area contributed by atoms with Crippen LogP contribution in [-0.2, 0) is 0 Å². The molecule has 0 bridgehead atoms. The van der Waals surface area contributed by atoms with Crippen LogP contribution < -0.4 is 4.74 Å². The molecule has 1 aliphatic rings. The van der Waals surface area contributed by atoms with E-state index in [0.29, 0.717) is 5.69 Å². The highest BCUT2D eigenvalue weighted by atomic mass is 79.9. The number of Topliss-reactive ketones (excluding diaryl/α,β-unsaturated/α-hetero) is 1. The van der Waals surface area contributed by atoms with Gasteiger partial charge in [-0.15, -0.1) is 0 Å². The molecule has 1 unspecified atom stereocenters. The Morgan fingerprint density at radius 1 is 1.27 bits per heavy atom. The lowest BCUT2D eigenvalue weighted by Crippen LogP contribution is -2.09. The smallest absolute Gasteiger partial charge is 0.387 e. The molecule has 2 heterocycles. The van der Waals surface area contributed by atoms with E-state index >= 15 is 0 Å². The Hall–Kier alpha value is -2.42. The van der Waals surface area contributed by atoms with Crippen LogP contribution in [0.15, 0.2) is 34.9 Å². The number of carbonyl (C=O) groups excluding carboxylic acids is 1. The van der Waals surface area contributed by atoms with Crippen molar-refractivity contribution in [3.8, 4) is 5.75 Å². The monoisotopic (exact) mass is 428 g/mol. The third-order valence-electron chi connectivity index (χ3n) is 4.25. The first-order valence-electron chi connectivity index (χ1n) is 7.49. The average molecular weight is 429 g/mol. The second kappa shape index (κ2) is 6.08. The van der Waals surface area contributed by atoms with Crippen molar-refractivity contribution in [1.29, 1.82) is 0 Å². The molecule has 0 fully saturated rings. The molecular formula is C17H9BrF4N2O2. The zero-order valence-electron chi connectivity index (χ0n) is 12.8. The molecule has 0 amide bonds. The Kier molecular flexibility index (Phi) is 3.98. The lowest BCUT2D eigenvalue weighted by molar-refractivity contribution is -0.0507. The standard InChI is InChI=1S/C17H9BrF4N2O2/c18-10-6-24-14(5-11(10)20)23-15-12(25)4-9(16(15)24)8-2-1-7(19)3-13(8)26-17(21)22/h1-3,5-6,9,17H,4H2. The van der Waals surface area contributed by atoms with Gasteiger partial charge in [-0.2, -0.15) is 8.78 Å². The van der Waals surface area contributed by atoms with Crippen molar-refractivity contribution < 1.29 is 27.1 Å². The van der Waals surface area contributed by atoms with Crippen molar-refractivity contribution in [3.05, 3.63) is 63.5 Å². The highest BCUT2D eigenvalue weighted by Gasteiger charge is 2.37. The molecule has 0 saturated heterocycles. The quantitative estimate of drug-likeness (QED) is 0.568. The molecule has 26 heavy (non-hydrogen) atoms. The Morgan fingerprint density at radius 2 is 2.04 bits per heavy atom. The van der Waals surface area contributed by atoms with Gasteiger partial charge in [-0.1, -0.05) is 6.07 Å². The number of hydrogen-bond acceptors (Lipinski definition) is 3. The predicted molar refractivity (Wildman–Crippen MR) is 86.7 cm³/mol. The molecule has 4 rings (SSSR count). The largest absolute Gasteiger partial charge is 0.434 e. The van der Waals surface area contributed by atoms with E-state index in [1.807, 2.05) is 0 Å². The molecule has 0 N–H and O–H groups in total. The van der Waals surface area contributed by atoms with Gasteiger partial charge in [0.05, 0.1) is 10.2 Å². The third-order valence-corrected chi connectivity index (χ3v) is 4.84. The number of benzene rings is 1. The van der Waals surface area contributed by atoms with E-state index < -0.39 is 24.2 Å². The van der Waals surface area contributed by atoms with Crippen molar-refractivity contribution in [2.45, 2.75) is 19.0 Å². The summed E-state index contributed by atoms with van der Waals surface area (Å²) in [6.45, 7) is -3.14. The second-order valence-electron chi connectivity index (χ2n) is 5.78. The van der Waals surface area contributed by atoms with Crippen LogP contribution in [0.3, 0.4) is 0 Å². The number of carbonyl (C=O) groups is 1. The van der Waals surface area contributed by atoms with Crippen LogP contribution in [0.5, 0.6) is 5.75 Å². The van der Waals surface area contributed by atoms with E-state index in [9.17, 15) is 22.4 Å². The topological polar surface area (TPSA) is 43.6 Å². The molecule has 0 aliphatic heterocycles. The minimum Gasteiger partial charge on any atom is -0.434 e. The van der Waals surface area contributed by atoms with Crippen LogP contribution in [0.4, 0.5) is 17.6 Å². The zero-order valence-corrected chi connectivity index (χ0v) is 14.4. The van der Waals surface area contributed by atoms with E-state index in [1.165, 1.54) is 16.7 Å². The van der Waals surface area contributed by atoms with Crippen LogP contribution in [-0.4, -0.2) is 21.8 Å². The molecule has 4 nitrogen and oxygen atoms in total. The fourth-order valence-electron chi connectivity index (χ4n) is 3.23. The number of hydrogen-bond donors (Lipinski definition) is 0. The van der Waals surface area contributed by atoms with Gasteiger partial charge in [0.2, 0.25) is 0 Å². The molecule has 1 aliphatic carbocycles. The van der Waals surface area contributed by atoms with Gasteiger partial charge in [0.25, 0.3) is 0 Å². The van der Waals surface area contributed by atoms with E-state index in [4.69, 9.17) is 0 Å². The van der Waals surface area contributed by atoms with Crippen LogP contribution >= 0.6 is 15.9 Å². The number of fused-ring (bicyclic) bond motifs is 3. The van der Waals surface area contributed by atoms with Gasteiger partial charge in [0.1, 0.15) is 28.7 Å². The Balaban J connectivity index is 1.92. The number of aromatic nitrogens is 2. The van der Waals surface area contributed by atoms with Crippen molar-refractivity contribution in [1.82, 2.24) is 9.38 Å². The molecule has 2 aromatic heterocycles. The number of nitrogens with zero attached hydrogens (tertiary/aromatic N) is 2. The van der Waals surface area contributed by atoms with E-state index in [1.54, 1.807) is 0 Å². The number of halogens is 5. The number of pyridine rings is 1. The molecule has 0 spiro atoms. The third kappa shape index (κ3) is 2.66. The molecule has 1 aromatic carbocycles. The van der Waals surface area contributed by atoms with Gasteiger partial charge in [0.15, 0.2) is 5.78 Å². The number of alkyl halides is 2. The summed E-state index contributed by atoms with van der Waals surface area (Å²) in [7, 11) is 0. The zero-order chi connectivity index (χ0) is 18.6. The predicted octanol–water partition coefficient (Wildman–Crippen LogP) is 4.69. The van der Waals surface area contributed by atoms with Gasteiger partial charge >= 0.3 is 6.61 Å². The summed E-state index contributed by atoms with van der Waals surface area (Å²) < 4.78 is 58.8. The number of imidazole rings is 1. The number of ether oxygens (including phenoxy) is 1. The van der Waals surface area contributed by atoms with Gasteiger partial charge in [0, 0.05) is 36.2 Å². The Morgan fingerprint density at radius 3 is 2.77 bits per heavy atom. The minimum absolute atomic E-state index is 0.0270. The Labute approximate surface area is 152 Å². The summed E-state index contributed by atoms with van der Waals surface area (Å²) in [5.41, 5.74) is 1.02. The maximum Gasteiger partial charge on any atom is 0.387 e. The molecule has 0 radical (unpaired) electrons. The van der Waals surface area contributed by atoms with Gasteiger partial charge < -0.3 is 9.14 Å². The van der Waals surface area contributed by atoms with Gasteiger partial charge in [-0.05, 0) is 22.0 Å². The Bertz CT molecular complexity index is 1050. The molecule has 9 heteroatoms. The fourth-order valence-corrected chi connectivity index (χ4v) is 3.55. The van der Waals surface area contributed by atoms with E-state index in [2.05, 4.69) is 25.7 Å². The van der Waals surface area contributed by atoms with Gasteiger partial charge in [-0.25, -0.2) is 13.8 Å². The minimum atomic E-state index is -3.14. The van der Waals surface area contributed by atoms with E-state index in [-0.39, 0.29) is 39.3 Å². The molecule has 0 saturated carbocycles. The van der Waals surface area contributed by atoms with Crippen LogP contribution in [0.1, 0.15) is 34.1 Å². The second-order valence-corrected chi connectivity index (χ2v) is 6.64. The van der Waals surface area contributed by atoms with Crippen molar-refractivity contribution in [3.63, 3.8) is 0 Å². The number of ketones is 1. The summed E-state index contributed by atoms with van der Waals surface area (Å²) in [6.07, 6.45) is 1.39. The maximum absolute atomic E-state index is 13.8. The van der Waals surface area contributed by atoms with E-state index in [0.717, 1.165) is 18.2 Å². The highest BCUT2D eigenvalue weighted by molar-refractivity contribution is 9.10. The maximum atomic E-state index is 13.8. The van der Waals surface area contributed by atoms with Gasteiger partial charge in [-0.3, -0.25) is 4.79 Å². The summed E-state index contributed by atoms with van der Waals surface area (Å²) in [6, 6.07) is 4.42. The first kappa shape index (κ1) is 17.0. The normalized spacial score (nSPS) is 16.5. The molecule has 134 valence electrons. The molecular weight excluding hydrogens is 420 g/mol. The first-order valence-corrected chi connectivity index (χ1v) is 8.29. The SMILES string of the molecule is O=C1CC(c2ccc(F)cc2OC(F)F)c2c1nc1cc(F)c(Br)cn21. The molecule has 3 aromatic rings. The fraction of sp³-hybridized carbons (Fsp3) is 0.176. The van der Waals surface area contributed by atoms with Crippen LogP contribution in [0, 0.1) is 11.6 Å². The summed E-state index contributed by atoms with van der Waals surface area (Å²) in [4.78, 5) is 16.5. The summed E-state index contributed by atoms with van der Waals surface area (Å²) in [5.74, 6) is -2.61. The summed E-state index contributed by atoms with van der Waals surface area (Å²) >= 11 is 3.08.